The third kappa shape index (κ3) is 2.90. The Hall–Kier alpha value is -2.28. The van der Waals surface area contributed by atoms with Crippen molar-refractivity contribution < 1.29 is 13.6 Å². The quantitative estimate of drug-likeness (QED) is 0.866. The molecular formula is C19H22F2N4O. The summed E-state index contributed by atoms with van der Waals surface area (Å²) in [6, 6.07) is 3.77. The fourth-order valence-electron chi connectivity index (χ4n) is 3.97. The van der Waals surface area contributed by atoms with E-state index in [0.29, 0.717) is 37.3 Å². The molecule has 1 fully saturated rings. The van der Waals surface area contributed by atoms with Gasteiger partial charge in [0.25, 0.3) is 0 Å². The molecule has 2 aliphatic heterocycles. The van der Waals surface area contributed by atoms with Gasteiger partial charge in [-0.1, -0.05) is 0 Å². The van der Waals surface area contributed by atoms with Gasteiger partial charge in [-0.25, -0.2) is 8.78 Å². The van der Waals surface area contributed by atoms with E-state index in [9.17, 15) is 13.6 Å². The zero-order chi connectivity index (χ0) is 18.3. The summed E-state index contributed by atoms with van der Waals surface area (Å²) in [5.41, 5.74) is 2.56. The average molecular weight is 360 g/mol. The summed E-state index contributed by atoms with van der Waals surface area (Å²) in [4.78, 5) is 15.0. The average Bonchev–Trinajstić information content (AvgIpc) is 3.07. The minimum Gasteiger partial charge on any atom is -0.337 e. The van der Waals surface area contributed by atoms with Gasteiger partial charge in [-0.2, -0.15) is 5.10 Å². The highest BCUT2D eigenvalue weighted by molar-refractivity contribution is 5.83. The minimum atomic E-state index is -0.899. The van der Waals surface area contributed by atoms with Gasteiger partial charge in [-0.3, -0.25) is 9.89 Å². The molecule has 1 atom stereocenters. The molecule has 1 aromatic carbocycles. The molecule has 7 heteroatoms. The Kier molecular flexibility index (Phi) is 4.26. The van der Waals surface area contributed by atoms with E-state index in [2.05, 4.69) is 15.5 Å². The molecular weight excluding hydrogens is 338 g/mol. The van der Waals surface area contributed by atoms with Crippen molar-refractivity contribution in [3.63, 3.8) is 0 Å². The van der Waals surface area contributed by atoms with Crippen LogP contribution >= 0.6 is 0 Å². The first kappa shape index (κ1) is 17.1. The number of hydrogen-bond donors (Lipinski definition) is 2. The van der Waals surface area contributed by atoms with Gasteiger partial charge < -0.3 is 10.2 Å². The van der Waals surface area contributed by atoms with Gasteiger partial charge in [0.05, 0.1) is 11.1 Å². The Bertz CT molecular complexity index is 842. The van der Waals surface area contributed by atoms with Crippen molar-refractivity contribution in [2.75, 3.05) is 19.6 Å². The van der Waals surface area contributed by atoms with Crippen LogP contribution in [0.3, 0.4) is 0 Å². The van der Waals surface area contributed by atoms with Crippen LogP contribution in [0.4, 0.5) is 8.78 Å². The van der Waals surface area contributed by atoms with Crippen molar-refractivity contribution in [3.8, 4) is 11.3 Å². The Morgan fingerprint density at radius 2 is 2.15 bits per heavy atom. The maximum absolute atomic E-state index is 13.6. The van der Waals surface area contributed by atoms with Crippen LogP contribution in [0.2, 0.25) is 0 Å². The summed E-state index contributed by atoms with van der Waals surface area (Å²) in [6.45, 7) is 4.74. The summed E-state index contributed by atoms with van der Waals surface area (Å²) in [5.74, 6) is -1.63. The van der Waals surface area contributed by atoms with Gasteiger partial charge in [-0.15, -0.1) is 0 Å². The predicted octanol–water partition coefficient (Wildman–Crippen LogP) is 2.63. The smallest absolute Gasteiger partial charge is 0.230 e. The van der Waals surface area contributed by atoms with E-state index in [0.717, 1.165) is 42.8 Å². The van der Waals surface area contributed by atoms with Crippen LogP contribution in [0, 0.1) is 17.0 Å². The number of fused-ring (bicyclic) bond motifs is 1. The Morgan fingerprint density at radius 1 is 1.31 bits per heavy atom. The number of nitrogens with zero attached hydrogens (tertiary/aromatic N) is 2. The molecule has 0 bridgehead atoms. The second kappa shape index (κ2) is 6.46. The molecule has 1 aromatic heterocycles. The van der Waals surface area contributed by atoms with Gasteiger partial charge in [0.2, 0.25) is 5.91 Å². The zero-order valence-corrected chi connectivity index (χ0v) is 14.7. The first-order valence-corrected chi connectivity index (χ1v) is 8.99. The number of nitrogens with one attached hydrogen (secondary N) is 2. The van der Waals surface area contributed by atoms with Crippen molar-refractivity contribution in [3.05, 3.63) is 41.1 Å². The van der Waals surface area contributed by atoms with E-state index in [1.54, 1.807) is 0 Å². The molecule has 4 rings (SSSR count). The standard InChI is InChI=1S/C19H22F2N4O/c1-19(6-2-7-22-11-19)18(26)25-8-5-16-13(10-25)17(24-23-16)12-3-4-14(20)15(21)9-12/h3-4,9,22H,2,5-8,10-11H2,1H3,(H,23,24)/t19-/m0/s1. The van der Waals surface area contributed by atoms with Gasteiger partial charge in [0.15, 0.2) is 11.6 Å². The zero-order valence-electron chi connectivity index (χ0n) is 14.7. The summed E-state index contributed by atoms with van der Waals surface area (Å²) < 4.78 is 26.9. The molecule has 26 heavy (non-hydrogen) atoms. The fraction of sp³-hybridized carbons (Fsp3) is 0.474. The highest BCUT2D eigenvalue weighted by Gasteiger charge is 2.39. The lowest BCUT2D eigenvalue weighted by Gasteiger charge is -2.38. The number of carbonyl (C=O) groups excluding carboxylic acids is 1. The molecule has 5 nitrogen and oxygen atoms in total. The Balaban J connectivity index is 1.61. The molecule has 1 amide bonds. The number of piperidine rings is 1. The number of amides is 1. The molecule has 1 saturated heterocycles. The van der Waals surface area contributed by atoms with Crippen LogP contribution in [-0.2, 0) is 17.8 Å². The van der Waals surface area contributed by atoms with Crippen LogP contribution in [0.15, 0.2) is 18.2 Å². The van der Waals surface area contributed by atoms with Gasteiger partial charge in [0.1, 0.15) is 0 Å². The second-order valence-corrected chi connectivity index (χ2v) is 7.48. The predicted molar refractivity (Wildman–Crippen MR) is 93.3 cm³/mol. The van der Waals surface area contributed by atoms with Crippen LogP contribution in [0.25, 0.3) is 11.3 Å². The highest BCUT2D eigenvalue weighted by Crippen LogP contribution is 2.33. The third-order valence-corrected chi connectivity index (χ3v) is 5.53. The molecule has 0 spiro atoms. The largest absolute Gasteiger partial charge is 0.337 e. The summed E-state index contributed by atoms with van der Waals surface area (Å²) in [7, 11) is 0. The summed E-state index contributed by atoms with van der Waals surface area (Å²) in [5, 5.41) is 10.6. The molecule has 2 aromatic rings. The van der Waals surface area contributed by atoms with E-state index in [1.807, 2.05) is 11.8 Å². The number of rotatable bonds is 2. The number of H-pyrrole nitrogens is 1. The van der Waals surface area contributed by atoms with Crippen molar-refractivity contribution in [1.29, 1.82) is 0 Å². The normalized spacial score (nSPS) is 23.0. The maximum Gasteiger partial charge on any atom is 0.230 e. The van der Waals surface area contributed by atoms with E-state index in [-0.39, 0.29) is 11.3 Å². The minimum absolute atomic E-state index is 0.146. The Morgan fingerprint density at radius 3 is 2.88 bits per heavy atom. The van der Waals surface area contributed by atoms with E-state index < -0.39 is 11.6 Å². The molecule has 0 radical (unpaired) electrons. The van der Waals surface area contributed by atoms with E-state index in [1.165, 1.54) is 6.07 Å². The SMILES string of the molecule is C[C@]1(C(=O)N2CCc3[nH]nc(-c4ccc(F)c(F)c4)c3C2)CCCNC1. The van der Waals surface area contributed by atoms with E-state index in [4.69, 9.17) is 0 Å². The van der Waals surface area contributed by atoms with Crippen molar-refractivity contribution >= 4 is 5.91 Å². The second-order valence-electron chi connectivity index (χ2n) is 7.48. The van der Waals surface area contributed by atoms with E-state index >= 15 is 0 Å². The number of aromatic nitrogens is 2. The topological polar surface area (TPSA) is 61.0 Å². The monoisotopic (exact) mass is 360 g/mol. The number of aromatic amines is 1. The lowest BCUT2D eigenvalue weighted by atomic mass is 9.81. The summed E-state index contributed by atoms with van der Waals surface area (Å²) >= 11 is 0. The summed E-state index contributed by atoms with van der Waals surface area (Å²) in [6.07, 6.45) is 2.55. The first-order chi connectivity index (χ1) is 12.5. The molecule has 0 saturated carbocycles. The first-order valence-electron chi connectivity index (χ1n) is 8.99. The molecule has 2 aliphatic rings. The number of benzene rings is 1. The number of hydrogen-bond acceptors (Lipinski definition) is 3. The molecule has 2 N–H and O–H groups in total. The van der Waals surface area contributed by atoms with Gasteiger partial charge in [-0.05, 0) is 44.5 Å². The highest BCUT2D eigenvalue weighted by atomic mass is 19.2. The maximum atomic E-state index is 13.6. The van der Waals surface area contributed by atoms with Crippen molar-refractivity contribution in [1.82, 2.24) is 20.4 Å². The van der Waals surface area contributed by atoms with Crippen LogP contribution in [0.5, 0.6) is 0 Å². The third-order valence-electron chi connectivity index (χ3n) is 5.53. The lowest BCUT2D eigenvalue weighted by molar-refractivity contribution is -0.143. The van der Waals surface area contributed by atoms with Crippen LogP contribution < -0.4 is 5.32 Å². The lowest BCUT2D eigenvalue weighted by Crippen LogP contribution is -2.51. The fourth-order valence-corrected chi connectivity index (χ4v) is 3.97. The Labute approximate surface area is 150 Å². The molecule has 138 valence electrons. The van der Waals surface area contributed by atoms with Crippen molar-refractivity contribution in [2.45, 2.75) is 32.7 Å². The molecule has 0 unspecified atom stereocenters. The molecule has 3 heterocycles. The van der Waals surface area contributed by atoms with Gasteiger partial charge >= 0.3 is 0 Å². The van der Waals surface area contributed by atoms with Crippen molar-refractivity contribution in [2.24, 2.45) is 5.41 Å². The van der Waals surface area contributed by atoms with Gasteiger partial charge in [0, 0.05) is 42.9 Å². The number of carbonyl (C=O) groups is 1. The van der Waals surface area contributed by atoms with Crippen LogP contribution in [0.1, 0.15) is 31.0 Å². The van der Waals surface area contributed by atoms with Crippen LogP contribution in [-0.4, -0.2) is 40.6 Å². The number of halogens is 2. The molecule has 0 aliphatic carbocycles.